The lowest BCUT2D eigenvalue weighted by molar-refractivity contribution is -0.170. The van der Waals surface area contributed by atoms with Gasteiger partial charge in [-0.3, -0.25) is 4.79 Å². The fourth-order valence-corrected chi connectivity index (χ4v) is 4.32. The van der Waals surface area contributed by atoms with Crippen LogP contribution in [0.25, 0.3) is 0 Å². The number of nitrogens with one attached hydrogen (secondary N) is 1. The minimum absolute atomic E-state index is 0.393. The van der Waals surface area contributed by atoms with E-state index >= 15 is 0 Å². The molecule has 0 bridgehead atoms. The van der Waals surface area contributed by atoms with Gasteiger partial charge in [-0.2, -0.15) is 0 Å². The second-order valence-corrected chi connectivity index (χ2v) is 7.62. The van der Waals surface area contributed by atoms with E-state index < -0.39 is 41.0 Å². The molecule has 0 saturated carbocycles. The van der Waals surface area contributed by atoms with Crippen LogP contribution in [0.3, 0.4) is 0 Å². The Hall–Kier alpha value is -1.40. The van der Waals surface area contributed by atoms with Gasteiger partial charge in [0.15, 0.2) is 5.54 Å². The van der Waals surface area contributed by atoms with Crippen molar-refractivity contribution in [3.8, 4) is 0 Å². The average Bonchev–Trinajstić information content (AvgIpc) is 2.79. The van der Waals surface area contributed by atoms with E-state index in [2.05, 4.69) is 12.2 Å². The van der Waals surface area contributed by atoms with E-state index in [0.717, 1.165) is 38.5 Å². The smallest absolute Gasteiger partial charge is 0.335 e. The minimum atomic E-state index is -2.08. The Morgan fingerprint density at radius 2 is 2.12 bits per heavy atom. The molecule has 0 spiro atoms. The van der Waals surface area contributed by atoms with Crippen molar-refractivity contribution in [3.05, 3.63) is 12.2 Å². The third kappa shape index (κ3) is 3.47. The number of hydrogen-bond acceptors (Lipinski definition) is 4. The van der Waals surface area contributed by atoms with Gasteiger partial charge < -0.3 is 20.6 Å². The summed E-state index contributed by atoms with van der Waals surface area (Å²) in [5.74, 6) is -3.09. The highest BCUT2D eigenvalue weighted by atomic mass is 16.4. The van der Waals surface area contributed by atoms with Crippen molar-refractivity contribution in [1.29, 1.82) is 0 Å². The van der Waals surface area contributed by atoms with E-state index in [1.54, 1.807) is 6.08 Å². The molecule has 0 radical (unpaired) electrons. The molecule has 2 unspecified atom stereocenters. The molecule has 1 amide bonds. The fourth-order valence-electron chi connectivity index (χ4n) is 4.32. The van der Waals surface area contributed by atoms with Crippen LogP contribution in [0.15, 0.2) is 12.2 Å². The van der Waals surface area contributed by atoms with E-state index in [0.29, 0.717) is 12.8 Å². The Labute approximate surface area is 149 Å². The number of rotatable bonds is 8. The largest absolute Gasteiger partial charge is 0.479 e. The van der Waals surface area contributed by atoms with Gasteiger partial charge in [-0.1, -0.05) is 44.8 Å². The van der Waals surface area contributed by atoms with Crippen LogP contribution in [-0.4, -0.2) is 44.4 Å². The molecule has 0 aromatic carbocycles. The van der Waals surface area contributed by atoms with Crippen molar-refractivity contribution in [2.45, 2.75) is 82.5 Å². The highest BCUT2D eigenvalue weighted by Gasteiger charge is 2.69. The van der Waals surface area contributed by atoms with E-state index in [4.69, 9.17) is 0 Å². The van der Waals surface area contributed by atoms with Gasteiger partial charge in [0.1, 0.15) is 5.60 Å². The summed E-state index contributed by atoms with van der Waals surface area (Å²) in [6, 6.07) is 0. The summed E-state index contributed by atoms with van der Waals surface area (Å²) in [7, 11) is 0. The molecule has 1 aliphatic carbocycles. The topological polar surface area (TPSA) is 107 Å². The Kier molecular flexibility index (Phi) is 6.27. The maximum Gasteiger partial charge on any atom is 0.335 e. The number of carboxylic acids is 1. The monoisotopic (exact) mass is 353 g/mol. The molecule has 4 N–H and O–H groups in total. The third-order valence-electron chi connectivity index (χ3n) is 5.94. The first kappa shape index (κ1) is 19.9. The lowest BCUT2D eigenvalue weighted by Crippen LogP contribution is -2.70. The van der Waals surface area contributed by atoms with Crippen molar-refractivity contribution in [1.82, 2.24) is 5.32 Å². The maximum atomic E-state index is 12.5. The number of carbonyl (C=O) groups is 2. The molecule has 2 aliphatic rings. The Balaban J connectivity index is 2.27. The van der Waals surface area contributed by atoms with Gasteiger partial charge in [0, 0.05) is 5.92 Å². The SMILES string of the molecule is CCCCCCC1C(=O)N[C@](C(=O)O)(C(O)[C@@H]2C=CCCC2)[C@@]1(C)O. The van der Waals surface area contributed by atoms with Crippen LogP contribution < -0.4 is 5.32 Å². The van der Waals surface area contributed by atoms with Gasteiger partial charge in [-0.15, -0.1) is 0 Å². The summed E-state index contributed by atoms with van der Waals surface area (Å²) in [5.41, 5.74) is -3.93. The number of unbranched alkanes of at least 4 members (excludes halogenated alkanes) is 3. The van der Waals surface area contributed by atoms with Crippen molar-refractivity contribution in [2.24, 2.45) is 11.8 Å². The molecule has 1 heterocycles. The lowest BCUT2D eigenvalue weighted by Gasteiger charge is -2.43. The summed E-state index contributed by atoms with van der Waals surface area (Å²) in [4.78, 5) is 24.6. The first-order valence-corrected chi connectivity index (χ1v) is 9.41. The second-order valence-electron chi connectivity index (χ2n) is 7.62. The van der Waals surface area contributed by atoms with Crippen molar-refractivity contribution in [3.63, 3.8) is 0 Å². The molecule has 25 heavy (non-hydrogen) atoms. The summed E-state index contributed by atoms with van der Waals surface area (Å²) in [6.45, 7) is 3.46. The standard InChI is InChI=1S/C19H31NO5/c1-3-4-5-9-12-14-16(22)20-19(17(23)24,18(14,2)25)15(21)13-10-7-6-8-11-13/h7,10,13-15,21,25H,3-6,8-9,11-12H2,1-2H3,(H,20,22)(H,23,24)/t13-,14?,15?,18+,19+/m1/s1. The fraction of sp³-hybridized carbons (Fsp3) is 0.789. The van der Waals surface area contributed by atoms with Crippen molar-refractivity contribution in [2.75, 3.05) is 0 Å². The Bertz CT molecular complexity index is 530. The normalized spacial score (nSPS) is 36.2. The molecule has 1 fully saturated rings. The van der Waals surface area contributed by atoms with Crippen LogP contribution in [0.5, 0.6) is 0 Å². The molecular weight excluding hydrogens is 322 g/mol. The number of aliphatic carboxylic acids is 1. The third-order valence-corrected chi connectivity index (χ3v) is 5.94. The highest BCUT2D eigenvalue weighted by molar-refractivity contribution is 5.95. The predicted octanol–water partition coefficient (Wildman–Crippen LogP) is 1.99. The number of aliphatic hydroxyl groups is 2. The zero-order chi connectivity index (χ0) is 18.7. The number of carbonyl (C=O) groups excluding carboxylic acids is 1. The quantitative estimate of drug-likeness (QED) is 0.394. The zero-order valence-electron chi connectivity index (χ0n) is 15.2. The van der Waals surface area contributed by atoms with E-state index in [1.165, 1.54) is 6.92 Å². The zero-order valence-corrected chi connectivity index (χ0v) is 15.2. The van der Waals surface area contributed by atoms with E-state index in [1.807, 2.05) is 6.08 Å². The Morgan fingerprint density at radius 1 is 1.40 bits per heavy atom. The van der Waals surface area contributed by atoms with Gasteiger partial charge in [0.25, 0.3) is 0 Å². The summed E-state index contributed by atoms with van der Waals surface area (Å²) in [6.07, 6.45) is 8.92. The lowest BCUT2D eigenvalue weighted by atomic mass is 9.68. The van der Waals surface area contributed by atoms with Crippen LogP contribution in [0.2, 0.25) is 0 Å². The number of allylic oxidation sites excluding steroid dienone is 1. The molecule has 0 aromatic heterocycles. The molecule has 2 rings (SSSR count). The highest BCUT2D eigenvalue weighted by Crippen LogP contribution is 2.44. The van der Waals surface area contributed by atoms with Crippen molar-refractivity contribution >= 4 is 11.9 Å². The first-order valence-electron chi connectivity index (χ1n) is 9.41. The van der Waals surface area contributed by atoms with Gasteiger partial charge in [0.2, 0.25) is 5.91 Å². The van der Waals surface area contributed by atoms with Crippen molar-refractivity contribution < 1.29 is 24.9 Å². The van der Waals surface area contributed by atoms with E-state index in [-0.39, 0.29) is 0 Å². The number of carboxylic acid groups (broad SMARTS) is 1. The minimum Gasteiger partial charge on any atom is -0.479 e. The first-order chi connectivity index (χ1) is 11.8. The molecule has 1 aliphatic heterocycles. The van der Waals surface area contributed by atoms with Gasteiger partial charge >= 0.3 is 5.97 Å². The van der Waals surface area contributed by atoms with Gasteiger partial charge in [0.05, 0.1) is 12.0 Å². The summed E-state index contributed by atoms with van der Waals surface area (Å²) < 4.78 is 0. The molecule has 5 atom stereocenters. The van der Waals surface area contributed by atoms with Gasteiger partial charge in [-0.25, -0.2) is 4.79 Å². The van der Waals surface area contributed by atoms with Crippen LogP contribution in [-0.2, 0) is 9.59 Å². The Morgan fingerprint density at radius 3 is 2.68 bits per heavy atom. The van der Waals surface area contributed by atoms with Crippen LogP contribution in [0, 0.1) is 11.8 Å². The number of aliphatic hydroxyl groups excluding tert-OH is 1. The van der Waals surface area contributed by atoms with Crippen LogP contribution in [0.1, 0.15) is 65.2 Å². The molecule has 142 valence electrons. The molecule has 6 heteroatoms. The number of hydrogen-bond donors (Lipinski definition) is 4. The molecular formula is C19H31NO5. The maximum absolute atomic E-state index is 12.5. The molecule has 6 nitrogen and oxygen atoms in total. The molecule has 1 saturated heterocycles. The summed E-state index contributed by atoms with van der Waals surface area (Å²) in [5, 5.41) is 34.3. The second kappa shape index (κ2) is 7.87. The van der Waals surface area contributed by atoms with Gasteiger partial charge in [-0.05, 0) is 32.6 Å². The van der Waals surface area contributed by atoms with Crippen LogP contribution >= 0.6 is 0 Å². The number of amides is 1. The van der Waals surface area contributed by atoms with Crippen LogP contribution in [0.4, 0.5) is 0 Å². The van der Waals surface area contributed by atoms with E-state index in [9.17, 15) is 24.9 Å². The summed E-state index contributed by atoms with van der Waals surface area (Å²) >= 11 is 0. The molecule has 0 aromatic rings. The average molecular weight is 353 g/mol. The predicted molar refractivity (Wildman–Crippen MR) is 93.9 cm³/mol.